The highest BCUT2D eigenvalue weighted by molar-refractivity contribution is 7.87. The Morgan fingerprint density at radius 1 is 1.10 bits per heavy atom. The van der Waals surface area contributed by atoms with Gasteiger partial charge < -0.3 is 4.18 Å². The van der Waals surface area contributed by atoms with E-state index < -0.39 is 26.6 Å². The van der Waals surface area contributed by atoms with Crippen LogP contribution in [0.3, 0.4) is 0 Å². The van der Waals surface area contributed by atoms with E-state index in [9.17, 15) is 17.2 Å². The first kappa shape index (κ1) is 15.2. The van der Waals surface area contributed by atoms with E-state index in [0.717, 1.165) is 12.1 Å². The summed E-state index contributed by atoms with van der Waals surface area (Å²) in [4.78, 5) is -0.449. The summed E-state index contributed by atoms with van der Waals surface area (Å²) in [6.45, 7) is 3.58. The molecule has 0 heterocycles. The zero-order valence-corrected chi connectivity index (χ0v) is 11.7. The molecule has 0 unspecified atom stereocenters. The molecule has 0 amide bonds. The summed E-state index contributed by atoms with van der Waals surface area (Å²) in [5, 5.41) is 0. The van der Waals surface area contributed by atoms with Crippen LogP contribution in [-0.4, -0.2) is 8.42 Å². The van der Waals surface area contributed by atoms with Crippen LogP contribution in [0.25, 0.3) is 0 Å². The van der Waals surface area contributed by atoms with Gasteiger partial charge in [-0.15, -0.1) is 6.58 Å². The predicted molar refractivity (Wildman–Crippen MR) is 74.5 cm³/mol. The van der Waals surface area contributed by atoms with Gasteiger partial charge in [0.1, 0.15) is 10.6 Å². The standard InChI is InChI=1S/C15H12F2O3S/c1-2-5-11-6-3-4-7-15(11)20-21(18,19)12-8-9-13(16)14(17)10-12/h2-4,6-10H,1,5H2. The quantitative estimate of drug-likeness (QED) is 0.627. The van der Waals surface area contributed by atoms with Gasteiger partial charge in [0.25, 0.3) is 0 Å². The Bertz CT molecular complexity index is 770. The van der Waals surface area contributed by atoms with Gasteiger partial charge in [0.2, 0.25) is 0 Å². The third kappa shape index (κ3) is 3.46. The maximum atomic E-state index is 13.1. The molecular weight excluding hydrogens is 298 g/mol. The van der Waals surface area contributed by atoms with E-state index in [-0.39, 0.29) is 5.75 Å². The fourth-order valence-electron chi connectivity index (χ4n) is 1.71. The first-order valence-electron chi connectivity index (χ1n) is 6.02. The van der Waals surface area contributed by atoms with E-state index in [0.29, 0.717) is 18.1 Å². The molecule has 2 aromatic rings. The Balaban J connectivity index is 2.37. The third-order valence-corrected chi connectivity index (χ3v) is 3.95. The summed E-state index contributed by atoms with van der Waals surface area (Å²) in [5.74, 6) is -2.25. The predicted octanol–water partition coefficient (Wildman–Crippen LogP) is 3.46. The maximum Gasteiger partial charge on any atom is 0.339 e. The summed E-state index contributed by atoms with van der Waals surface area (Å²) >= 11 is 0. The summed E-state index contributed by atoms with van der Waals surface area (Å²) in [6, 6.07) is 8.79. The molecule has 0 spiro atoms. The molecule has 0 bridgehead atoms. The van der Waals surface area contributed by atoms with Crippen molar-refractivity contribution in [1.82, 2.24) is 0 Å². The number of hydrogen-bond donors (Lipinski definition) is 0. The van der Waals surface area contributed by atoms with E-state index in [2.05, 4.69) is 6.58 Å². The van der Waals surface area contributed by atoms with Crippen molar-refractivity contribution in [1.29, 1.82) is 0 Å². The molecule has 110 valence electrons. The van der Waals surface area contributed by atoms with E-state index >= 15 is 0 Å². The smallest absolute Gasteiger partial charge is 0.339 e. The second kappa shape index (κ2) is 6.05. The van der Waals surface area contributed by atoms with Crippen LogP contribution in [0.1, 0.15) is 5.56 Å². The van der Waals surface area contributed by atoms with Crippen LogP contribution in [-0.2, 0) is 16.5 Å². The van der Waals surface area contributed by atoms with Crippen LogP contribution < -0.4 is 4.18 Å². The lowest BCUT2D eigenvalue weighted by molar-refractivity contribution is 0.477. The first-order valence-corrected chi connectivity index (χ1v) is 7.43. The highest BCUT2D eigenvalue weighted by Crippen LogP contribution is 2.24. The number of rotatable bonds is 5. The molecule has 0 saturated carbocycles. The molecule has 0 fully saturated rings. The molecule has 0 aliphatic rings. The lowest BCUT2D eigenvalue weighted by atomic mass is 10.1. The van der Waals surface area contributed by atoms with Crippen molar-refractivity contribution in [3.8, 4) is 5.75 Å². The monoisotopic (exact) mass is 310 g/mol. The van der Waals surface area contributed by atoms with Crippen molar-refractivity contribution in [2.45, 2.75) is 11.3 Å². The lowest BCUT2D eigenvalue weighted by Gasteiger charge is -2.10. The summed E-state index contributed by atoms with van der Waals surface area (Å²) < 4.78 is 55.2. The van der Waals surface area contributed by atoms with Gasteiger partial charge in [-0.2, -0.15) is 8.42 Å². The molecule has 0 atom stereocenters. The molecule has 0 saturated heterocycles. The Labute approximate surface area is 121 Å². The molecular formula is C15H12F2O3S. The molecule has 3 nitrogen and oxygen atoms in total. The number of benzene rings is 2. The molecule has 0 N–H and O–H groups in total. The summed E-state index contributed by atoms with van der Waals surface area (Å²) in [5.41, 5.74) is 0.624. The zero-order chi connectivity index (χ0) is 15.5. The van der Waals surface area contributed by atoms with Crippen molar-refractivity contribution in [3.05, 3.63) is 72.3 Å². The van der Waals surface area contributed by atoms with Crippen molar-refractivity contribution in [2.75, 3.05) is 0 Å². The van der Waals surface area contributed by atoms with Gasteiger partial charge >= 0.3 is 10.1 Å². The first-order chi connectivity index (χ1) is 9.94. The van der Waals surface area contributed by atoms with Gasteiger partial charge in [-0.25, -0.2) is 8.78 Å². The lowest BCUT2D eigenvalue weighted by Crippen LogP contribution is -2.11. The molecule has 0 radical (unpaired) electrons. The fourth-order valence-corrected chi connectivity index (χ4v) is 2.69. The van der Waals surface area contributed by atoms with E-state index in [1.54, 1.807) is 24.3 Å². The Morgan fingerprint density at radius 2 is 1.81 bits per heavy atom. The highest BCUT2D eigenvalue weighted by Gasteiger charge is 2.20. The van der Waals surface area contributed by atoms with Crippen molar-refractivity contribution in [2.24, 2.45) is 0 Å². The van der Waals surface area contributed by atoms with Gasteiger partial charge in [0, 0.05) is 0 Å². The largest absolute Gasteiger partial charge is 0.379 e. The SMILES string of the molecule is C=CCc1ccccc1OS(=O)(=O)c1ccc(F)c(F)c1. The van der Waals surface area contributed by atoms with Gasteiger partial charge in [0.15, 0.2) is 11.6 Å². The Hall–Kier alpha value is -2.21. The Kier molecular flexibility index (Phi) is 4.37. The number of allylic oxidation sites excluding steroid dienone is 1. The van der Waals surface area contributed by atoms with Gasteiger partial charge in [-0.1, -0.05) is 24.3 Å². The zero-order valence-electron chi connectivity index (χ0n) is 10.9. The van der Waals surface area contributed by atoms with E-state index in [1.165, 1.54) is 6.07 Å². The van der Waals surface area contributed by atoms with E-state index in [1.807, 2.05) is 0 Å². The minimum atomic E-state index is -4.23. The van der Waals surface area contributed by atoms with Crippen LogP contribution in [0.5, 0.6) is 5.75 Å². The topological polar surface area (TPSA) is 43.4 Å². The van der Waals surface area contributed by atoms with E-state index in [4.69, 9.17) is 4.18 Å². The fraction of sp³-hybridized carbons (Fsp3) is 0.0667. The average molecular weight is 310 g/mol. The summed E-state index contributed by atoms with van der Waals surface area (Å²) in [7, 11) is -4.23. The molecule has 0 aliphatic heterocycles. The number of hydrogen-bond acceptors (Lipinski definition) is 3. The summed E-state index contributed by atoms with van der Waals surface area (Å²) in [6.07, 6.45) is 2.02. The van der Waals surface area contributed by atoms with Gasteiger partial charge in [0.05, 0.1) is 0 Å². The maximum absolute atomic E-state index is 13.1. The molecule has 0 aliphatic carbocycles. The second-order valence-corrected chi connectivity index (χ2v) is 5.76. The van der Waals surface area contributed by atoms with Crippen LogP contribution in [0, 0.1) is 11.6 Å². The highest BCUT2D eigenvalue weighted by atomic mass is 32.2. The minimum Gasteiger partial charge on any atom is -0.379 e. The Morgan fingerprint density at radius 3 is 2.48 bits per heavy atom. The van der Waals surface area contributed by atoms with Crippen LogP contribution >= 0.6 is 0 Å². The van der Waals surface area contributed by atoms with Crippen LogP contribution in [0.2, 0.25) is 0 Å². The molecule has 6 heteroatoms. The second-order valence-electron chi connectivity index (χ2n) is 4.21. The van der Waals surface area contributed by atoms with Crippen molar-refractivity contribution >= 4 is 10.1 Å². The minimum absolute atomic E-state index is 0.127. The molecule has 2 rings (SSSR count). The molecule has 0 aromatic heterocycles. The molecule has 2 aromatic carbocycles. The number of halogens is 2. The number of para-hydroxylation sites is 1. The van der Waals surface area contributed by atoms with Crippen molar-refractivity contribution < 1.29 is 21.4 Å². The molecule has 21 heavy (non-hydrogen) atoms. The average Bonchev–Trinajstić information content (AvgIpc) is 2.44. The van der Waals surface area contributed by atoms with Gasteiger partial charge in [-0.05, 0) is 36.2 Å². The van der Waals surface area contributed by atoms with Crippen LogP contribution in [0.4, 0.5) is 8.78 Å². The third-order valence-electron chi connectivity index (χ3n) is 2.72. The van der Waals surface area contributed by atoms with Crippen LogP contribution in [0.15, 0.2) is 60.0 Å². The van der Waals surface area contributed by atoms with Crippen molar-refractivity contribution in [3.63, 3.8) is 0 Å². The van der Waals surface area contributed by atoms with Gasteiger partial charge in [-0.3, -0.25) is 0 Å². The normalized spacial score (nSPS) is 11.1.